The molecule has 0 fully saturated rings. The zero-order chi connectivity index (χ0) is 16.3. The minimum atomic E-state index is -5.95. The van der Waals surface area contributed by atoms with E-state index in [1.54, 1.807) is 0 Å². The van der Waals surface area contributed by atoms with Gasteiger partial charge in [0.25, 0.3) is 0 Å². The van der Waals surface area contributed by atoms with Crippen molar-refractivity contribution in [2.24, 2.45) is 0 Å². The van der Waals surface area contributed by atoms with Crippen molar-refractivity contribution in [1.29, 1.82) is 0 Å². The lowest BCUT2D eigenvalue weighted by Gasteiger charge is -2.10. The first-order chi connectivity index (χ1) is 9.56. The highest BCUT2D eigenvalue weighted by molar-refractivity contribution is 7.88. The second-order valence-electron chi connectivity index (χ2n) is 3.53. The molecule has 1 aromatic rings. The molecular formula is C11H8F4O5S. The lowest BCUT2D eigenvalue weighted by molar-refractivity contribution is -0.134. The van der Waals surface area contributed by atoms with Crippen LogP contribution in [0.15, 0.2) is 24.3 Å². The van der Waals surface area contributed by atoms with Gasteiger partial charge in [-0.15, -0.1) is 0 Å². The van der Waals surface area contributed by atoms with Gasteiger partial charge in [0.2, 0.25) is 0 Å². The van der Waals surface area contributed by atoms with Crippen LogP contribution in [0.5, 0.6) is 5.75 Å². The fraction of sp³-hybridized carbons (Fsp3) is 0.182. The maximum Gasteiger partial charge on any atom is 0.534 e. The Morgan fingerprint density at radius 1 is 1.29 bits per heavy atom. The number of methoxy groups -OCH3 is 1. The number of hydrogen-bond donors (Lipinski definition) is 0. The molecule has 0 atom stereocenters. The van der Waals surface area contributed by atoms with Gasteiger partial charge in [-0.05, 0) is 23.8 Å². The van der Waals surface area contributed by atoms with Gasteiger partial charge in [0.15, 0.2) is 11.6 Å². The predicted molar refractivity (Wildman–Crippen MR) is 63.1 cm³/mol. The van der Waals surface area contributed by atoms with Gasteiger partial charge in [0, 0.05) is 6.08 Å². The number of carbonyl (C=O) groups is 1. The number of alkyl halides is 3. The van der Waals surface area contributed by atoms with Crippen LogP contribution in [0.4, 0.5) is 17.6 Å². The van der Waals surface area contributed by atoms with E-state index in [0.717, 1.165) is 25.3 Å². The van der Waals surface area contributed by atoms with Crippen molar-refractivity contribution in [2.45, 2.75) is 5.51 Å². The molecule has 0 bridgehead atoms. The van der Waals surface area contributed by atoms with Gasteiger partial charge >= 0.3 is 21.6 Å². The summed E-state index contributed by atoms with van der Waals surface area (Å²) in [4.78, 5) is 10.8. The Hall–Kier alpha value is -2.10. The van der Waals surface area contributed by atoms with E-state index in [1.807, 2.05) is 0 Å². The van der Waals surface area contributed by atoms with Crippen LogP contribution in [0, 0.1) is 5.82 Å². The van der Waals surface area contributed by atoms with E-state index in [1.165, 1.54) is 0 Å². The van der Waals surface area contributed by atoms with Crippen molar-refractivity contribution in [3.63, 3.8) is 0 Å². The highest BCUT2D eigenvalue weighted by Gasteiger charge is 2.48. The molecule has 0 amide bonds. The van der Waals surface area contributed by atoms with Gasteiger partial charge in [-0.2, -0.15) is 21.6 Å². The van der Waals surface area contributed by atoms with Crippen LogP contribution in [-0.2, 0) is 19.6 Å². The second kappa shape index (κ2) is 6.12. The van der Waals surface area contributed by atoms with Crippen molar-refractivity contribution >= 4 is 22.2 Å². The van der Waals surface area contributed by atoms with Crippen molar-refractivity contribution in [3.05, 3.63) is 35.7 Å². The van der Waals surface area contributed by atoms with E-state index in [2.05, 4.69) is 8.92 Å². The van der Waals surface area contributed by atoms with Crippen LogP contribution in [0.2, 0.25) is 0 Å². The summed E-state index contributed by atoms with van der Waals surface area (Å²) in [6, 6.07) is 2.44. The molecule has 0 aliphatic rings. The summed E-state index contributed by atoms with van der Waals surface area (Å²) in [6.07, 6.45) is 2.07. The quantitative estimate of drug-likeness (QED) is 0.279. The van der Waals surface area contributed by atoms with Gasteiger partial charge in [-0.1, -0.05) is 6.07 Å². The Kier molecular flexibility index (Phi) is 4.94. The monoisotopic (exact) mass is 328 g/mol. The topological polar surface area (TPSA) is 69.7 Å². The molecule has 0 aliphatic carbocycles. The van der Waals surface area contributed by atoms with Crippen molar-refractivity contribution < 1.29 is 39.7 Å². The van der Waals surface area contributed by atoms with E-state index in [-0.39, 0.29) is 5.56 Å². The number of carbonyl (C=O) groups excluding carboxylic acids is 1. The number of esters is 1. The maximum atomic E-state index is 13.5. The summed E-state index contributed by atoms with van der Waals surface area (Å²) >= 11 is 0. The standard InChI is InChI=1S/C11H8F4O5S/c1-19-10(16)5-3-7-2-4-9(8(12)6-7)20-21(17,18)11(13,14)15/h2-6H,1H3. The fourth-order valence-corrected chi connectivity index (χ4v) is 1.55. The number of ether oxygens (including phenoxy) is 1. The molecule has 0 unspecified atom stereocenters. The Bertz CT molecular complexity index is 664. The minimum Gasteiger partial charge on any atom is -0.466 e. The molecule has 21 heavy (non-hydrogen) atoms. The summed E-state index contributed by atoms with van der Waals surface area (Å²) in [6.45, 7) is 0. The summed E-state index contributed by atoms with van der Waals surface area (Å²) in [5.41, 5.74) is -5.57. The first-order valence-corrected chi connectivity index (χ1v) is 6.54. The number of halogens is 4. The maximum absolute atomic E-state index is 13.5. The molecule has 0 aromatic heterocycles. The third-order valence-corrected chi connectivity index (χ3v) is 3.02. The Balaban J connectivity index is 3.00. The van der Waals surface area contributed by atoms with Crippen molar-refractivity contribution in [3.8, 4) is 5.75 Å². The van der Waals surface area contributed by atoms with E-state index < -0.39 is 33.2 Å². The zero-order valence-corrected chi connectivity index (χ0v) is 11.2. The van der Waals surface area contributed by atoms with Gasteiger partial charge in [-0.3, -0.25) is 0 Å². The van der Waals surface area contributed by atoms with Crippen LogP contribution < -0.4 is 4.18 Å². The fourth-order valence-electron chi connectivity index (χ4n) is 1.09. The predicted octanol–water partition coefficient (Wildman–Crippen LogP) is 2.24. The van der Waals surface area contributed by atoms with E-state index in [0.29, 0.717) is 12.1 Å². The molecule has 0 saturated heterocycles. The number of rotatable bonds is 4. The molecule has 0 spiro atoms. The number of hydrogen-bond acceptors (Lipinski definition) is 5. The molecule has 0 saturated carbocycles. The first-order valence-electron chi connectivity index (χ1n) is 5.13. The smallest absolute Gasteiger partial charge is 0.466 e. The number of benzene rings is 1. The van der Waals surface area contributed by atoms with Gasteiger partial charge < -0.3 is 8.92 Å². The molecule has 10 heteroatoms. The minimum absolute atomic E-state index is 0.0923. The molecule has 1 rings (SSSR count). The molecule has 0 heterocycles. The van der Waals surface area contributed by atoms with Gasteiger partial charge in [-0.25, -0.2) is 9.18 Å². The van der Waals surface area contributed by atoms with Gasteiger partial charge in [0.05, 0.1) is 7.11 Å². The van der Waals surface area contributed by atoms with Crippen LogP contribution >= 0.6 is 0 Å². The molecule has 116 valence electrons. The van der Waals surface area contributed by atoms with E-state index in [4.69, 9.17) is 0 Å². The summed E-state index contributed by atoms with van der Waals surface area (Å²) in [7, 11) is -4.83. The Morgan fingerprint density at radius 2 is 1.90 bits per heavy atom. The van der Waals surface area contributed by atoms with Crippen molar-refractivity contribution in [2.75, 3.05) is 7.11 Å². The molecular weight excluding hydrogens is 320 g/mol. The van der Waals surface area contributed by atoms with Crippen LogP contribution in [0.3, 0.4) is 0 Å². The third-order valence-electron chi connectivity index (χ3n) is 2.05. The summed E-state index contributed by atoms with van der Waals surface area (Å²) < 4.78 is 79.1. The van der Waals surface area contributed by atoms with Crippen LogP contribution in [-0.4, -0.2) is 27.0 Å². The highest BCUT2D eigenvalue weighted by Crippen LogP contribution is 2.28. The zero-order valence-electron chi connectivity index (χ0n) is 10.3. The molecule has 5 nitrogen and oxygen atoms in total. The highest BCUT2D eigenvalue weighted by atomic mass is 32.2. The average Bonchev–Trinajstić information content (AvgIpc) is 2.37. The molecule has 0 aliphatic heterocycles. The third kappa shape index (κ3) is 4.45. The Morgan fingerprint density at radius 3 is 2.38 bits per heavy atom. The molecule has 0 radical (unpaired) electrons. The second-order valence-corrected chi connectivity index (χ2v) is 5.07. The average molecular weight is 328 g/mol. The molecule has 1 aromatic carbocycles. The lowest BCUT2D eigenvalue weighted by atomic mass is 10.2. The van der Waals surface area contributed by atoms with Crippen molar-refractivity contribution in [1.82, 2.24) is 0 Å². The first kappa shape index (κ1) is 17.0. The lowest BCUT2D eigenvalue weighted by Crippen LogP contribution is -2.28. The van der Waals surface area contributed by atoms with Gasteiger partial charge in [0.1, 0.15) is 0 Å². The molecule has 0 N–H and O–H groups in total. The Labute approximate surface area is 116 Å². The summed E-state index contributed by atoms with van der Waals surface area (Å²) in [5, 5.41) is 0. The largest absolute Gasteiger partial charge is 0.534 e. The summed E-state index contributed by atoms with van der Waals surface area (Å²) in [5.74, 6) is -3.17. The normalized spacial score (nSPS) is 12.4. The van der Waals surface area contributed by atoms with E-state index in [9.17, 15) is 30.8 Å². The van der Waals surface area contributed by atoms with Crippen LogP contribution in [0.1, 0.15) is 5.56 Å². The van der Waals surface area contributed by atoms with Crippen LogP contribution in [0.25, 0.3) is 6.08 Å². The SMILES string of the molecule is COC(=O)C=Cc1ccc(OS(=O)(=O)C(F)(F)F)c(F)c1. The van der Waals surface area contributed by atoms with E-state index >= 15 is 0 Å².